The van der Waals surface area contributed by atoms with Crippen molar-refractivity contribution in [3.63, 3.8) is 0 Å². The highest BCUT2D eigenvalue weighted by molar-refractivity contribution is 6.23. The van der Waals surface area contributed by atoms with Crippen molar-refractivity contribution in [1.29, 1.82) is 0 Å². The number of nitrogens with zero attached hydrogens (tertiary/aromatic N) is 1. The number of imide groups is 1. The zero-order valence-corrected chi connectivity index (χ0v) is 15.4. The van der Waals surface area contributed by atoms with Crippen molar-refractivity contribution in [2.45, 2.75) is 12.8 Å². The average molecular weight is 372 g/mol. The molecule has 0 saturated heterocycles. The number of carbonyl (C=O) groups is 3. The molecule has 0 aromatic heterocycles. The topological polar surface area (TPSA) is 66.5 Å². The molecule has 140 valence electrons. The van der Waals surface area contributed by atoms with Gasteiger partial charge in [0, 0.05) is 19.5 Å². The Bertz CT molecular complexity index is 1010. The number of benzene rings is 3. The molecule has 1 N–H and O–H groups in total. The summed E-state index contributed by atoms with van der Waals surface area (Å²) < 4.78 is 0. The predicted octanol–water partition coefficient (Wildman–Crippen LogP) is 3.18. The molecule has 0 unspecified atom stereocenters. The van der Waals surface area contributed by atoms with E-state index < -0.39 is 0 Å². The molecule has 5 nitrogen and oxygen atoms in total. The Labute approximate surface area is 163 Å². The van der Waals surface area contributed by atoms with Crippen molar-refractivity contribution < 1.29 is 14.4 Å². The molecular formula is C23H20N2O3. The molecular weight excluding hydrogens is 352 g/mol. The Hall–Kier alpha value is -3.47. The summed E-state index contributed by atoms with van der Waals surface area (Å²) in [4.78, 5) is 38.5. The number of fused-ring (bicyclic) bond motifs is 2. The van der Waals surface area contributed by atoms with Crippen LogP contribution >= 0.6 is 0 Å². The van der Waals surface area contributed by atoms with Gasteiger partial charge < -0.3 is 5.32 Å². The SMILES string of the molecule is O=C(CCc1ccccc1)NCCN1C(=O)c2cc3ccccc3cc2C1=O. The Balaban J connectivity index is 1.35. The van der Waals surface area contributed by atoms with Gasteiger partial charge in [0.1, 0.15) is 0 Å². The van der Waals surface area contributed by atoms with Crippen molar-refractivity contribution in [3.8, 4) is 0 Å². The smallest absolute Gasteiger partial charge is 0.261 e. The van der Waals surface area contributed by atoms with E-state index >= 15 is 0 Å². The van der Waals surface area contributed by atoms with Crippen LogP contribution in [-0.4, -0.2) is 35.7 Å². The standard InChI is InChI=1S/C23H20N2O3/c26-21(11-10-16-6-2-1-3-7-16)24-12-13-25-22(27)19-14-17-8-4-5-9-18(17)15-20(19)23(25)28/h1-9,14-15H,10-13H2,(H,24,26). The van der Waals surface area contributed by atoms with Crippen molar-refractivity contribution in [2.24, 2.45) is 0 Å². The Kier molecular flexibility index (Phi) is 4.89. The van der Waals surface area contributed by atoms with Crippen LogP contribution in [0.3, 0.4) is 0 Å². The van der Waals surface area contributed by atoms with E-state index in [-0.39, 0.29) is 30.8 Å². The lowest BCUT2D eigenvalue weighted by atomic mass is 10.0. The maximum atomic E-state index is 12.6. The first-order valence-corrected chi connectivity index (χ1v) is 9.33. The molecule has 0 bridgehead atoms. The quantitative estimate of drug-likeness (QED) is 0.676. The predicted molar refractivity (Wildman–Crippen MR) is 107 cm³/mol. The van der Waals surface area contributed by atoms with E-state index in [2.05, 4.69) is 5.32 Å². The summed E-state index contributed by atoms with van der Waals surface area (Å²) in [5.41, 5.74) is 1.96. The second-order valence-electron chi connectivity index (χ2n) is 6.84. The molecule has 0 saturated carbocycles. The molecule has 0 spiro atoms. The first kappa shape index (κ1) is 17.9. The summed E-state index contributed by atoms with van der Waals surface area (Å²) in [6.07, 6.45) is 1.03. The number of hydrogen-bond acceptors (Lipinski definition) is 3. The van der Waals surface area contributed by atoms with E-state index in [1.54, 1.807) is 12.1 Å². The summed E-state index contributed by atoms with van der Waals surface area (Å²) >= 11 is 0. The van der Waals surface area contributed by atoms with E-state index in [4.69, 9.17) is 0 Å². The minimum Gasteiger partial charge on any atom is -0.354 e. The maximum Gasteiger partial charge on any atom is 0.261 e. The van der Waals surface area contributed by atoms with Crippen molar-refractivity contribution >= 4 is 28.5 Å². The monoisotopic (exact) mass is 372 g/mol. The van der Waals surface area contributed by atoms with Gasteiger partial charge in [-0.2, -0.15) is 0 Å². The van der Waals surface area contributed by atoms with Crippen LogP contribution in [0, 0.1) is 0 Å². The lowest BCUT2D eigenvalue weighted by Crippen LogP contribution is -2.38. The van der Waals surface area contributed by atoms with Crippen molar-refractivity contribution in [1.82, 2.24) is 10.2 Å². The van der Waals surface area contributed by atoms with Crippen LogP contribution < -0.4 is 5.32 Å². The number of rotatable bonds is 6. The van der Waals surface area contributed by atoms with Crippen molar-refractivity contribution in [3.05, 3.63) is 83.4 Å². The first-order chi connectivity index (χ1) is 13.6. The molecule has 1 aliphatic heterocycles. The van der Waals surface area contributed by atoms with Gasteiger partial charge in [-0.15, -0.1) is 0 Å². The van der Waals surface area contributed by atoms with Gasteiger partial charge in [0.15, 0.2) is 0 Å². The van der Waals surface area contributed by atoms with Crippen LogP contribution in [0.2, 0.25) is 0 Å². The fraction of sp³-hybridized carbons (Fsp3) is 0.174. The molecule has 28 heavy (non-hydrogen) atoms. The summed E-state index contributed by atoms with van der Waals surface area (Å²) in [6, 6.07) is 21.0. The van der Waals surface area contributed by atoms with E-state index in [0.717, 1.165) is 16.3 Å². The fourth-order valence-electron chi connectivity index (χ4n) is 3.48. The minimum atomic E-state index is -0.302. The minimum absolute atomic E-state index is 0.0915. The number of aryl methyl sites for hydroxylation is 1. The Morgan fingerprint density at radius 3 is 2.00 bits per heavy atom. The third-order valence-electron chi connectivity index (χ3n) is 4.98. The molecule has 1 heterocycles. The zero-order valence-electron chi connectivity index (χ0n) is 15.4. The summed E-state index contributed by atoms with van der Waals surface area (Å²) in [6.45, 7) is 0.415. The molecule has 4 rings (SSSR count). The Morgan fingerprint density at radius 1 is 0.821 bits per heavy atom. The third kappa shape index (κ3) is 3.51. The van der Waals surface area contributed by atoms with Gasteiger partial charge in [-0.05, 0) is 34.9 Å². The summed E-state index contributed by atoms with van der Waals surface area (Å²) in [7, 11) is 0. The van der Waals surface area contributed by atoms with Gasteiger partial charge in [-0.3, -0.25) is 19.3 Å². The van der Waals surface area contributed by atoms with E-state index in [0.29, 0.717) is 24.0 Å². The molecule has 3 aromatic carbocycles. The van der Waals surface area contributed by atoms with Gasteiger partial charge >= 0.3 is 0 Å². The molecule has 3 aromatic rings. The van der Waals surface area contributed by atoms with Crippen LogP contribution in [0.25, 0.3) is 10.8 Å². The van der Waals surface area contributed by atoms with E-state index in [1.165, 1.54) is 4.90 Å². The van der Waals surface area contributed by atoms with Crippen molar-refractivity contribution in [2.75, 3.05) is 13.1 Å². The number of hydrogen-bond donors (Lipinski definition) is 1. The maximum absolute atomic E-state index is 12.6. The average Bonchev–Trinajstić information content (AvgIpc) is 2.96. The second kappa shape index (κ2) is 7.64. The molecule has 3 amide bonds. The summed E-state index contributed by atoms with van der Waals surface area (Å²) in [5.74, 6) is -0.695. The van der Waals surface area contributed by atoms with Gasteiger partial charge in [0.05, 0.1) is 11.1 Å². The number of amides is 3. The van der Waals surface area contributed by atoms with Crippen LogP contribution in [0.1, 0.15) is 32.7 Å². The highest BCUT2D eigenvalue weighted by Gasteiger charge is 2.35. The van der Waals surface area contributed by atoms with E-state index in [9.17, 15) is 14.4 Å². The first-order valence-electron chi connectivity index (χ1n) is 9.33. The highest BCUT2D eigenvalue weighted by atomic mass is 16.2. The number of nitrogens with one attached hydrogen (secondary N) is 1. The lowest BCUT2D eigenvalue weighted by Gasteiger charge is -2.14. The molecule has 0 atom stereocenters. The lowest BCUT2D eigenvalue weighted by molar-refractivity contribution is -0.121. The summed E-state index contributed by atoms with van der Waals surface area (Å²) in [5, 5.41) is 4.65. The van der Waals surface area contributed by atoms with Gasteiger partial charge in [0.2, 0.25) is 5.91 Å². The van der Waals surface area contributed by atoms with Crippen LogP contribution in [0.15, 0.2) is 66.7 Å². The van der Waals surface area contributed by atoms with Gasteiger partial charge in [-0.25, -0.2) is 0 Å². The third-order valence-corrected chi connectivity index (χ3v) is 4.98. The molecule has 1 aliphatic rings. The second-order valence-corrected chi connectivity index (χ2v) is 6.84. The normalized spacial score (nSPS) is 13.1. The van der Waals surface area contributed by atoms with Crippen LogP contribution in [0.4, 0.5) is 0 Å². The fourth-order valence-corrected chi connectivity index (χ4v) is 3.48. The zero-order chi connectivity index (χ0) is 19.5. The van der Waals surface area contributed by atoms with Gasteiger partial charge in [0.25, 0.3) is 11.8 Å². The van der Waals surface area contributed by atoms with Crippen LogP contribution in [-0.2, 0) is 11.2 Å². The molecule has 0 aliphatic carbocycles. The highest BCUT2D eigenvalue weighted by Crippen LogP contribution is 2.27. The largest absolute Gasteiger partial charge is 0.354 e. The van der Waals surface area contributed by atoms with E-state index in [1.807, 2.05) is 54.6 Å². The molecule has 0 radical (unpaired) electrons. The Morgan fingerprint density at radius 2 is 1.39 bits per heavy atom. The molecule has 0 fully saturated rings. The van der Waals surface area contributed by atoms with Crippen LogP contribution in [0.5, 0.6) is 0 Å². The molecule has 5 heteroatoms. The number of carbonyl (C=O) groups excluding carboxylic acids is 3. The van der Waals surface area contributed by atoms with Gasteiger partial charge in [-0.1, -0.05) is 54.6 Å².